The van der Waals surface area contributed by atoms with Crippen molar-refractivity contribution in [1.82, 2.24) is 4.90 Å². The summed E-state index contributed by atoms with van der Waals surface area (Å²) in [4.78, 5) is 25.1. The van der Waals surface area contributed by atoms with Gasteiger partial charge in [-0.1, -0.05) is 42.5 Å². The summed E-state index contributed by atoms with van der Waals surface area (Å²) in [5, 5.41) is 0. The summed E-state index contributed by atoms with van der Waals surface area (Å²) in [6.45, 7) is 0.561. The van der Waals surface area contributed by atoms with Crippen LogP contribution in [0.5, 0.6) is 0 Å². The van der Waals surface area contributed by atoms with Gasteiger partial charge in [0.1, 0.15) is 0 Å². The molecule has 0 heterocycles. The molecular weight excluding hydrogens is 290 g/mol. The van der Waals surface area contributed by atoms with Crippen LogP contribution in [0.15, 0.2) is 60.7 Å². The highest BCUT2D eigenvalue weighted by Crippen LogP contribution is 2.08. The van der Waals surface area contributed by atoms with Crippen molar-refractivity contribution in [2.45, 2.75) is 6.54 Å². The highest BCUT2D eigenvalue weighted by atomic mass is 16.5. The molecule has 0 bridgehead atoms. The zero-order valence-electron chi connectivity index (χ0n) is 13.2. The third-order valence-corrected chi connectivity index (χ3v) is 3.39. The number of hydrogen-bond acceptors (Lipinski definition) is 3. The molecule has 2 aromatic rings. The van der Waals surface area contributed by atoms with Gasteiger partial charge in [0, 0.05) is 19.7 Å². The minimum absolute atomic E-state index is 0.0779. The van der Waals surface area contributed by atoms with Crippen molar-refractivity contribution < 1.29 is 14.3 Å². The smallest absolute Gasteiger partial charge is 0.337 e. The Labute approximate surface area is 136 Å². The molecule has 0 atom stereocenters. The van der Waals surface area contributed by atoms with Gasteiger partial charge in [-0.3, -0.25) is 4.79 Å². The van der Waals surface area contributed by atoms with Gasteiger partial charge in [0.15, 0.2) is 0 Å². The minimum Gasteiger partial charge on any atom is -0.465 e. The molecule has 1 amide bonds. The molecule has 4 heteroatoms. The first-order valence-electron chi connectivity index (χ1n) is 7.25. The number of benzene rings is 2. The number of nitrogens with zero attached hydrogens (tertiary/aromatic N) is 1. The Morgan fingerprint density at radius 1 is 1.04 bits per heavy atom. The Balaban J connectivity index is 1.96. The molecule has 0 aromatic heterocycles. The van der Waals surface area contributed by atoms with Crippen molar-refractivity contribution in [2.75, 3.05) is 14.2 Å². The van der Waals surface area contributed by atoms with Crippen LogP contribution in [0.3, 0.4) is 0 Å². The predicted molar refractivity (Wildman–Crippen MR) is 89.7 cm³/mol. The molecule has 118 valence electrons. The molecule has 0 spiro atoms. The Kier molecular flexibility index (Phi) is 5.69. The molecule has 0 aliphatic carbocycles. The minimum atomic E-state index is -0.376. The summed E-state index contributed by atoms with van der Waals surface area (Å²) in [5.74, 6) is -0.454. The summed E-state index contributed by atoms with van der Waals surface area (Å²) in [6.07, 6.45) is 3.25. The number of amides is 1. The van der Waals surface area contributed by atoms with Crippen molar-refractivity contribution in [3.63, 3.8) is 0 Å². The van der Waals surface area contributed by atoms with Crippen LogP contribution in [0.1, 0.15) is 21.5 Å². The Bertz CT molecular complexity index is 690. The molecule has 0 unspecified atom stereocenters. The molecule has 23 heavy (non-hydrogen) atoms. The van der Waals surface area contributed by atoms with E-state index in [-0.39, 0.29) is 11.9 Å². The van der Waals surface area contributed by atoms with E-state index in [2.05, 4.69) is 4.74 Å². The number of rotatable bonds is 5. The van der Waals surface area contributed by atoms with Gasteiger partial charge in [-0.15, -0.1) is 0 Å². The van der Waals surface area contributed by atoms with E-state index in [1.165, 1.54) is 13.2 Å². The second-order valence-electron chi connectivity index (χ2n) is 5.13. The lowest BCUT2D eigenvalue weighted by molar-refractivity contribution is -0.125. The molecule has 0 radical (unpaired) electrons. The number of methoxy groups -OCH3 is 1. The fraction of sp³-hybridized carbons (Fsp3) is 0.158. The summed E-state index contributed by atoms with van der Waals surface area (Å²) in [5.41, 5.74) is 2.41. The first kappa shape index (κ1) is 16.5. The zero-order valence-corrected chi connectivity index (χ0v) is 13.2. The number of likely N-dealkylation sites (N-methyl/N-ethyl adjacent to an activating group) is 1. The van der Waals surface area contributed by atoms with Crippen molar-refractivity contribution >= 4 is 18.0 Å². The zero-order chi connectivity index (χ0) is 16.7. The van der Waals surface area contributed by atoms with Gasteiger partial charge in [0.05, 0.1) is 12.7 Å². The SMILES string of the molecule is COC(=O)c1ccc(/C=C/C(=O)N(C)Cc2ccccc2)cc1. The average Bonchev–Trinajstić information content (AvgIpc) is 2.60. The number of hydrogen-bond donors (Lipinski definition) is 0. The monoisotopic (exact) mass is 309 g/mol. The highest BCUT2D eigenvalue weighted by Gasteiger charge is 2.06. The van der Waals surface area contributed by atoms with E-state index in [0.29, 0.717) is 12.1 Å². The lowest BCUT2D eigenvalue weighted by Gasteiger charge is -2.15. The quantitative estimate of drug-likeness (QED) is 0.629. The van der Waals surface area contributed by atoms with Gasteiger partial charge in [-0.2, -0.15) is 0 Å². The second-order valence-corrected chi connectivity index (χ2v) is 5.13. The van der Waals surface area contributed by atoms with Crippen molar-refractivity contribution in [2.24, 2.45) is 0 Å². The van der Waals surface area contributed by atoms with Crippen LogP contribution in [-0.2, 0) is 16.1 Å². The van der Waals surface area contributed by atoms with E-state index in [9.17, 15) is 9.59 Å². The molecule has 2 rings (SSSR count). The van der Waals surface area contributed by atoms with Gasteiger partial charge in [-0.05, 0) is 29.3 Å². The maximum Gasteiger partial charge on any atom is 0.337 e. The normalized spacial score (nSPS) is 10.5. The van der Waals surface area contributed by atoms with E-state index in [0.717, 1.165) is 11.1 Å². The molecular formula is C19H19NO3. The number of carbonyl (C=O) groups excluding carboxylic acids is 2. The highest BCUT2D eigenvalue weighted by molar-refractivity contribution is 5.92. The molecule has 0 saturated heterocycles. The molecule has 0 saturated carbocycles. The second kappa shape index (κ2) is 7.94. The summed E-state index contributed by atoms with van der Waals surface area (Å²) < 4.78 is 4.64. The molecule has 4 nitrogen and oxygen atoms in total. The number of ether oxygens (including phenoxy) is 1. The van der Waals surface area contributed by atoms with Gasteiger partial charge < -0.3 is 9.64 Å². The Morgan fingerprint density at radius 2 is 1.70 bits per heavy atom. The lowest BCUT2D eigenvalue weighted by atomic mass is 10.1. The van der Waals surface area contributed by atoms with Crippen molar-refractivity contribution in [3.05, 3.63) is 77.4 Å². The third-order valence-electron chi connectivity index (χ3n) is 3.39. The average molecular weight is 309 g/mol. The molecule has 0 aliphatic rings. The third kappa shape index (κ3) is 4.81. The van der Waals surface area contributed by atoms with E-state index < -0.39 is 0 Å². The van der Waals surface area contributed by atoms with Crippen LogP contribution in [0.4, 0.5) is 0 Å². The van der Waals surface area contributed by atoms with Gasteiger partial charge >= 0.3 is 5.97 Å². The number of carbonyl (C=O) groups is 2. The molecule has 0 aliphatic heterocycles. The first-order chi connectivity index (χ1) is 11.1. The van der Waals surface area contributed by atoms with Crippen LogP contribution in [0, 0.1) is 0 Å². The first-order valence-corrected chi connectivity index (χ1v) is 7.25. The fourth-order valence-electron chi connectivity index (χ4n) is 2.08. The van der Waals surface area contributed by atoms with Crippen molar-refractivity contribution in [3.8, 4) is 0 Å². The predicted octanol–water partition coefficient (Wildman–Crippen LogP) is 3.15. The summed E-state index contributed by atoms with van der Waals surface area (Å²) >= 11 is 0. The lowest BCUT2D eigenvalue weighted by Crippen LogP contribution is -2.24. The topological polar surface area (TPSA) is 46.6 Å². The van der Waals surface area contributed by atoms with E-state index in [1.54, 1.807) is 42.3 Å². The van der Waals surface area contributed by atoms with Crippen LogP contribution in [-0.4, -0.2) is 30.9 Å². The largest absolute Gasteiger partial charge is 0.465 e. The molecule has 0 N–H and O–H groups in total. The van der Waals surface area contributed by atoms with Crippen LogP contribution in [0.2, 0.25) is 0 Å². The van der Waals surface area contributed by atoms with Crippen LogP contribution >= 0.6 is 0 Å². The van der Waals surface area contributed by atoms with Gasteiger partial charge in [0.2, 0.25) is 5.91 Å². The van der Waals surface area contributed by atoms with E-state index in [4.69, 9.17) is 0 Å². The van der Waals surface area contributed by atoms with E-state index in [1.807, 2.05) is 30.3 Å². The van der Waals surface area contributed by atoms with Crippen LogP contribution < -0.4 is 0 Å². The maximum absolute atomic E-state index is 12.1. The van der Waals surface area contributed by atoms with Gasteiger partial charge in [-0.25, -0.2) is 4.79 Å². The van der Waals surface area contributed by atoms with Gasteiger partial charge in [0.25, 0.3) is 0 Å². The number of esters is 1. The Hall–Kier alpha value is -2.88. The van der Waals surface area contributed by atoms with E-state index >= 15 is 0 Å². The fourth-order valence-corrected chi connectivity index (χ4v) is 2.08. The summed E-state index contributed by atoms with van der Waals surface area (Å²) in [7, 11) is 3.11. The van der Waals surface area contributed by atoms with Crippen LogP contribution in [0.25, 0.3) is 6.08 Å². The molecule has 2 aromatic carbocycles. The summed E-state index contributed by atoms with van der Waals surface area (Å²) in [6, 6.07) is 16.7. The standard InChI is InChI=1S/C19H19NO3/c1-20(14-16-6-4-3-5-7-16)18(21)13-10-15-8-11-17(12-9-15)19(22)23-2/h3-13H,14H2,1-2H3/b13-10+. The molecule has 0 fully saturated rings. The van der Waals surface area contributed by atoms with Crippen molar-refractivity contribution in [1.29, 1.82) is 0 Å². The Morgan fingerprint density at radius 3 is 2.30 bits per heavy atom. The maximum atomic E-state index is 12.1.